The molecule has 2 heterocycles. The van der Waals surface area contributed by atoms with Crippen molar-refractivity contribution in [2.45, 2.75) is 19.4 Å². The van der Waals surface area contributed by atoms with E-state index in [1.807, 2.05) is 24.3 Å². The fourth-order valence-corrected chi connectivity index (χ4v) is 3.62. The van der Waals surface area contributed by atoms with Gasteiger partial charge in [-0.15, -0.1) is 0 Å². The molecule has 1 amide bonds. The average Bonchev–Trinajstić information content (AvgIpc) is 2.73. The first-order valence-electron chi connectivity index (χ1n) is 9.39. The van der Waals surface area contributed by atoms with E-state index in [2.05, 4.69) is 41.5 Å². The van der Waals surface area contributed by atoms with Crippen molar-refractivity contribution in [1.29, 1.82) is 0 Å². The molecule has 1 unspecified atom stereocenters. The van der Waals surface area contributed by atoms with Gasteiger partial charge >= 0.3 is 0 Å². The summed E-state index contributed by atoms with van der Waals surface area (Å²) in [5.41, 5.74) is 3.08. The zero-order valence-corrected chi connectivity index (χ0v) is 15.4. The number of aromatic nitrogens is 1. The normalized spacial score (nSPS) is 17.2. The van der Waals surface area contributed by atoms with Gasteiger partial charge in [-0.05, 0) is 35.1 Å². The van der Waals surface area contributed by atoms with E-state index in [1.165, 1.54) is 5.56 Å². The van der Waals surface area contributed by atoms with Crippen molar-refractivity contribution in [3.05, 3.63) is 81.6 Å². The standard InChI is InChI=1S/C22H23N3O2/c1-2-15-7-9-16(10-8-15)20-14-25(12-11-23-20)22(27)18-13-17-5-3-4-6-19(17)24-21(18)26/h3-10,13,20,23H,2,11-12,14H2,1H3,(H,24,26). The summed E-state index contributed by atoms with van der Waals surface area (Å²) >= 11 is 0. The third-order valence-corrected chi connectivity index (χ3v) is 5.24. The molecule has 4 rings (SSSR count). The number of carbonyl (C=O) groups is 1. The molecule has 1 aliphatic rings. The van der Waals surface area contributed by atoms with Crippen molar-refractivity contribution in [1.82, 2.24) is 15.2 Å². The molecule has 27 heavy (non-hydrogen) atoms. The maximum atomic E-state index is 13.0. The van der Waals surface area contributed by atoms with Crippen LogP contribution >= 0.6 is 0 Å². The number of aryl methyl sites for hydroxylation is 1. The van der Waals surface area contributed by atoms with Crippen LogP contribution in [0.4, 0.5) is 0 Å². The summed E-state index contributed by atoms with van der Waals surface area (Å²) < 4.78 is 0. The lowest BCUT2D eigenvalue weighted by atomic mass is 10.0. The molecule has 1 aliphatic heterocycles. The first-order chi connectivity index (χ1) is 13.2. The molecule has 0 saturated carbocycles. The Morgan fingerprint density at radius 3 is 2.70 bits per heavy atom. The highest BCUT2D eigenvalue weighted by Gasteiger charge is 2.26. The lowest BCUT2D eigenvalue weighted by Gasteiger charge is -2.34. The Bertz CT molecular complexity index is 1020. The zero-order chi connectivity index (χ0) is 18.8. The molecule has 5 nitrogen and oxygen atoms in total. The van der Waals surface area contributed by atoms with E-state index in [1.54, 1.807) is 11.0 Å². The number of aromatic amines is 1. The Morgan fingerprint density at radius 1 is 1.15 bits per heavy atom. The van der Waals surface area contributed by atoms with Crippen molar-refractivity contribution >= 4 is 16.8 Å². The Labute approximate surface area is 158 Å². The van der Waals surface area contributed by atoms with Gasteiger partial charge < -0.3 is 15.2 Å². The number of pyridine rings is 1. The van der Waals surface area contributed by atoms with Crippen LogP contribution in [0, 0.1) is 0 Å². The molecule has 0 radical (unpaired) electrons. The number of hydrogen-bond acceptors (Lipinski definition) is 3. The second kappa shape index (κ2) is 7.37. The number of fused-ring (bicyclic) bond motifs is 1. The Balaban J connectivity index is 1.58. The van der Waals surface area contributed by atoms with Crippen LogP contribution in [0.1, 0.15) is 34.5 Å². The predicted molar refractivity (Wildman–Crippen MR) is 107 cm³/mol. The van der Waals surface area contributed by atoms with Gasteiger partial charge in [0, 0.05) is 31.2 Å². The van der Waals surface area contributed by atoms with Gasteiger partial charge in [-0.2, -0.15) is 0 Å². The Morgan fingerprint density at radius 2 is 1.93 bits per heavy atom. The monoisotopic (exact) mass is 361 g/mol. The van der Waals surface area contributed by atoms with Gasteiger partial charge in [-0.3, -0.25) is 9.59 Å². The number of carbonyl (C=O) groups excluding carboxylic acids is 1. The molecule has 2 aromatic carbocycles. The molecule has 138 valence electrons. The summed E-state index contributed by atoms with van der Waals surface area (Å²) in [4.78, 5) is 30.0. The van der Waals surface area contributed by atoms with Crippen molar-refractivity contribution in [2.75, 3.05) is 19.6 Å². The number of amides is 1. The number of hydrogen-bond donors (Lipinski definition) is 2. The molecule has 1 aromatic heterocycles. The third kappa shape index (κ3) is 3.51. The highest BCUT2D eigenvalue weighted by molar-refractivity contribution is 5.97. The third-order valence-electron chi connectivity index (χ3n) is 5.24. The molecule has 1 fully saturated rings. The quantitative estimate of drug-likeness (QED) is 0.754. The highest BCUT2D eigenvalue weighted by Crippen LogP contribution is 2.20. The minimum Gasteiger partial charge on any atom is -0.335 e. The fourth-order valence-electron chi connectivity index (χ4n) is 3.62. The van der Waals surface area contributed by atoms with E-state index in [-0.39, 0.29) is 23.1 Å². The zero-order valence-electron chi connectivity index (χ0n) is 15.4. The van der Waals surface area contributed by atoms with E-state index in [9.17, 15) is 9.59 Å². The molecule has 3 aromatic rings. The number of benzene rings is 2. The number of piperazine rings is 1. The second-order valence-electron chi connectivity index (χ2n) is 6.95. The largest absolute Gasteiger partial charge is 0.335 e. The van der Waals surface area contributed by atoms with E-state index in [4.69, 9.17) is 0 Å². The number of para-hydroxylation sites is 1. The summed E-state index contributed by atoms with van der Waals surface area (Å²) in [6, 6.07) is 17.8. The topological polar surface area (TPSA) is 65.2 Å². The fraction of sp³-hybridized carbons (Fsp3) is 0.273. The van der Waals surface area contributed by atoms with Crippen LogP contribution < -0.4 is 10.9 Å². The van der Waals surface area contributed by atoms with Crippen LogP contribution in [0.2, 0.25) is 0 Å². The maximum absolute atomic E-state index is 13.0. The number of nitrogens with zero attached hydrogens (tertiary/aromatic N) is 1. The van der Waals surface area contributed by atoms with Gasteiger partial charge in [0.25, 0.3) is 11.5 Å². The molecular weight excluding hydrogens is 338 g/mol. The highest BCUT2D eigenvalue weighted by atomic mass is 16.2. The van der Waals surface area contributed by atoms with E-state index >= 15 is 0 Å². The van der Waals surface area contributed by atoms with Crippen molar-refractivity contribution in [3.8, 4) is 0 Å². The summed E-state index contributed by atoms with van der Waals surface area (Å²) in [5.74, 6) is -0.210. The van der Waals surface area contributed by atoms with E-state index in [0.29, 0.717) is 19.6 Å². The van der Waals surface area contributed by atoms with Crippen LogP contribution in [0.25, 0.3) is 10.9 Å². The van der Waals surface area contributed by atoms with Crippen LogP contribution in [0.3, 0.4) is 0 Å². The van der Waals surface area contributed by atoms with Gasteiger partial charge in [0.05, 0.1) is 0 Å². The van der Waals surface area contributed by atoms with Gasteiger partial charge in [0.15, 0.2) is 0 Å². The predicted octanol–water partition coefficient (Wildman–Crippen LogP) is 2.88. The van der Waals surface area contributed by atoms with Gasteiger partial charge in [0.1, 0.15) is 5.56 Å². The van der Waals surface area contributed by atoms with Gasteiger partial charge in [-0.1, -0.05) is 49.4 Å². The summed E-state index contributed by atoms with van der Waals surface area (Å²) in [5, 5.41) is 4.34. The first-order valence-corrected chi connectivity index (χ1v) is 9.39. The number of nitrogens with one attached hydrogen (secondary N) is 2. The molecule has 1 saturated heterocycles. The van der Waals surface area contributed by atoms with Crippen LogP contribution in [-0.2, 0) is 6.42 Å². The van der Waals surface area contributed by atoms with E-state index < -0.39 is 0 Å². The molecule has 5 heteroatoms. The van der Waals surface area contributed by atoms with Crippen LogP contribution in [-0.4, -0.2) is 35.4 Å². The number of rotatable bonds is 3. The average molecular weight is 361 g/mol. The lowest BCUT2D eigenvalue weighted by Crippen LogP contribution is -2.49. The molecule has 0 bridgehead atoms. The molecular formula is C22H23N3O2. The van der Waals surface area contributed by atoms with Crippen molar-refractivity contribution in [3.63, 3.8) is 0 Å². The second-order valence-corrected chi connectivity index (χ2v) is 6.95. The van der Waals surface area contributed by atoms with Crippen molar-refractivity contribution < 1.29 is 4.79 Å². The first kappa shape index (κ1) is 17.5. The molecule has 0 aliphatic carbocycles. The van der Waals surface area contributed by atoms with E-state index in [0.717, 1.165) is 22.9 Å². The minimum atomic E-state index is -0.332. The lowest BCUT2D eigenvalue weighted by molar-refractivity contribution is 0.0701. The summed E-state index contributed by atoms with van der Waals surface area (Å²) in [6.07, 6.45) is 1.01. The SMILES string of the molecule is CCc1ccc(C2CN(C(=O)c3cc4ccccc4[nH]c3=O)CCN2)cc1. The summed E-state index contributed by atoms with van der Waals surface area (Å²) in [7, 11) is 0. The summed E-state index contributed by atoms with van der Waals surface area (Å²) in [6.45, 7) is 3.98. The maximum Gasteiger partial charge on any atom is 0.261 e. The Kier molecular flexibility index (Phi) is 4.77. The van der Waals surface area contributed by atoms with Gasteiger partial charge in [0.2, 0.25) is 0 Å². The van der Waals surface area contributed by atoms with Crippen molar-refractivity contribution in [2.24, 2.45) is 0 Å². The smallest absolute Gasteiger partial charge is 0.261 e. The number of H-pyrrole nitrogens is 1. The minimum absolute atomic E-state index is 0.0770. The molecule has 2 N–H and O–H groups in total. The Hall–Kier alpha value is -2.92. The van der Waals surface area contributed by atoms with Crippen LogP contribution in [0.15, 0.2) is 59.4 Å². The molecule has 1 atom stereocenters. The van der Waals surface area contributed by atoms with Crippen LogP contribution in [0.5, 0.6) is 0 Å². The van der Waals surface area contributed by atoms with Gasteiger partial charge in [-0.25, -0.2) is 0 Å². The molecule has 0 spiro atoms.